The van der Waals surface area contributed by atoms with Crippen molar-refractivity contribution in [1.82, 2.24) is 0 Å². The normalized spacial score (nSPS) is 13.3. The molecule has 1 heteroatoms. The van der Waals surface area contributed by atoms with Crippen molar-refractivity contribution >= 4 is 63.8 Å². The number of hydrogen-bond acceptors (Lipinski definition) is 1. The molecule has 0 aliphatic heterocycles. The van der Waals surface area contributed by atoms with E-state index in [1.54, 1.807) is 0 Å². The summed E-state index contributed by atoms with van der Waals surface area (Å²) in [6.07, 6.45) is 0. The van der Waals surface area contributed by atoms with Gasteiger partial charge >= 0.3 is 0 Å². The molecule has 1 aromatic heterocycles. The third kappa shape index (κ3) is 4.09. The van der Waals surface area contributed by atoms with Gasteiger partial charge in [0.2, 0.25) is 0 Å². The minimum absolute atomic E-state index is 0.0306. The summed E-state index contributed by atoms with van der Waals surface area (Å²) in [5.74, 6) is 0. The van der Waals surface area contributed by atoms with Crippen molar-refractivity contribution in [1.29, 1.82) is 0 Å². The van der Waals surface area contributed by atoms with Gasteiger partial charge < -0.3 is 0 Å². The van der Waals surface area contributed by atoms with E-state index in [2.05, 4.69) is 184 Å². The fourth-order valence-corrected chi connectivity index (χ4v) is 10.7. The van der Waals surface area contributed by atoms with E-state index in [4.69, 9.17) is 0 Å². The van der Waals surface area contributed by atoms with Crippen LogP contribution in [0.15, 0.2) is 170 Å². The third-order valence-corrected chi connectivity index (χ3v) is 12.9. The number of fused-ring (bicyclic) bond motifs is 11. The first-order valence-corrected chi connectivity index (χ1v) is 19.0. The first-order valence-electron chi connectivity index (χ1n) is 18.2. The van der Waals surface area contributed by atoms with Crippen LogP contribution in [-0.2, 0) is 5.41 Å². The van der Waals surface area contributed by atoms with Crippen molar-refractivity contribution in [2.75, 3.05) is 0 Å². The first-order chi connectivity index (χ1) is 25.6. The van der Waals surface area contributed by atoms with Gasteiger partial charge in [-0.25, -0.2) is 0 Å². The standard InChI is InChI=1S/C51H34S/c1-51(2)43-26-13-12-25-40(43)48-44(51)28-27-41-47-35-20-7-6-17-33(35)30-42(50(47)52-49(41)48)32-18-14-19-34(29-32)46-38-23-10-8-21-36(38)45(31-15-4-3-5-16-31)37-22-9-11-24-39(37)46/h3-30H,1-2H3. The number of benzene rings is 9. The molecule has 0 bridgehead atoms. The predicted molar refractivity (Wildman–Crippen MR) is 226 cm³/mol. The Hall–Kier alpha value is -6.02. The zero-order valence-corrected chi connectivity index (χ0v) is 29.9. The molecule has 0 saturated heterocycles. The Morgan fingerprint density at radius 3 is 1.67 bits per heavy atom. The van der Waals surface area contributed by atoms with Crippen molar-refractivity contribution in [3.05, 3.63) is 181 Å². The lowest BCUT2D eigenvalue weighted by Gasteiger charge is -2.21. The maximum atomic E-state index is 2.44. The summed E-state index contributed by atoms with van der Waals surface area (Å²) in [5, 5.41) is 10.4. The Kier molecular flexibility index (Phi) is 6.27. The van der Waals surface area contributed by atoms with Crippen LogP contribution in [0.3, 0.4) is 0 Å². The monoisotopic (exact) mass is 678 g/mol. The van der Waals surface area contributed by atoms with Gasteiger partial charge in [0.15, 0.2) is 0 Å². The molecule has 0 atom stereocenters. The predicted octanol–water partition coefficient (Wildman–Crippen LogP) is 14.8. The summed E-state index contributed by atoms with van der Waals surface area (Å²) in [6, 6.07) is 63.3. The van der Waals surface area contributed by atoms with Crippen LogP contribution >= 0.6 is 11.3 Å². The van der Waals surface area contributed by atoms with E-state index in [1.807, 2.05) is 11.3 Å². The van der Waals surface area contributed by atoms with Gasteiger partial charge in [0.25, 0.3) is 0 Å². The van der Waals surface area contributed by atoms with E-state index in [0.717, 1.165) is 0 Å². The lowest BCUT2D eigenvalue weighted by molar-refractivity contribution is 0.661. The summed E-state index contributed by atoms with van der Waals surface area (Å²) < 4.78 is 2.75. The molecule has 0 nitrogen and oxygen atoms in total. The lowest BCUT2D eigenvalue weighted by atomic mass is 9.82. The Labute approximate surface area is 307 Å². The highest BCUT2D eigenvalue weighted by molar-refractivity contribution is 7.27. The van der Waals surface area contributed by atoms with Gasteiger partial charge in [0.05, 0.1) is 0 Å². The van der Waals surface area contributed by atoms with E-state index in [1.165, 1.54) is 108 Å². The van der Waals surface area contributed by atoms with Gasteiger partial charge in [-0.3, -0.25) is 0 Å². The van der Waals surface area contributed by atoms with Gasteiger partial charge in [0.1, 0.15) is 0 Å². The smallest absolute Gasteiger partial charge is 0.0440 e. The fraction of sp³-hybridized carbons (Fsp3) is 0.0588. The molecule has 1 aliphatic carbocycles. The highest BCUT2D eigenvalue weighted by Crippen LogP contribution is 2.55. The fourth-order valence-electron chi connectivity index (χ4n) is 9.28. The maximum Gasteiger partial charge on any atom is 0.0440 e. The molecule has 0 unspecified atom stereocenters. The van der Waals surface area contributed by atoms with Gasteiger partial charge in [-0.1, -0.05) is 172 Å². The van der Waals surface area contributed by atoms with Crippen molar-refractivity contribution < 1.29 is 0 Å². The van der Waals surface area contributed by atoms with Crippen LogP contribution in [0, 0.1) is 0 Å². The third-order valence-electron chi connectivity index (χ3n) is 11.6. The zero-order valence-electron chi connectivity index (χ0n) is 29.1. The second-order valence-corrected chi connectivity index (χ2v) is 15.8. The largest absolute Gasteiger partial charge is 0.134 e. The molecule has 0 amide bonds. The second kappa shape index (κ2) is 11.0. The first kappa shape index (κ1) is 29.7. The molecule has 11 rings (SSSR count). The molecule has 0 saturated carbocycles. The molecule has 244 valence electrons. The van der Waals surface area contributed by atoms with Crippen LogP contribution in [0.2, 0.25) is 0 Å². The quantitative estimate of drug-likeness (QED) is 0.163. The van der Waals surface area contributed by atoms with Gasteiger partial charge in [-0.2, -0.15) is 0 Å². The van der Waals surface area contributed by atoms with E-state index in [0.29, 0.717) is 0 Å². The molecular formula is C51H34S. The van der Waals surface area contributed by atoms with Gasteiger partial charge in [-0.05, 0) is 89.0 Å². The average Bonchev–Trinajstić information content (AvgIpc) is 3.70. The number of rotatable bonds is 3. The Morgan fingerprint density at radius 2 is 0.942 bits per heavy atom. The summed E-state index contributed by atoms with van der Waals surface area (Å²) >= 11 is 1.97. The molecule has 0 N–H and O–H groups in total. The van der Waals surface area contributed by atoms with Crippen LogP contribution in [0.4, 0.5) is 0 Å². The van der Waals surface area contributed by atoms with Gasteiger partial charge in [-0.15, -0.1) is 11.3 Å². The summed E-state index contributed by atoms with van der Waals surface area (Å²) in [6.45, 7) is 4.76. The number of hydrogen-bond donors (Lipinski definition) is 0. The van der Waals surface area contributed by atoms with Crippen LogP contribution in [0.1, 0.15) is 25.0 Å². The zero-order chi connectivity index (χ0) is 34.6. The van der Waals surface area contributed by atoms with Crippen LogP contribution < -0.4 is 0 Å². The summed E-state index contributed by atoms with van der Waals surface area (Å²) in [7, 11) is 0. The molecule has 9 aromatic carbocycles. The van der Waals surface area contributed by atoms with Crippen molar-refractivity contribution in [2.45, 2.75) is 19.3 Å². The minimum atomic E-state index is -0.0306. The Morgan fingerprint density at radius 1 is 0.365 bits per heavy atom. The van der Waals surface area contributed by atoms with Crippen molar-refractivity contribution in [3.63, 3.8) is 0 Å². The molecule has 0 fully saturated rings. The molecule has 0 spiro atoms. The Balaban J connectivity index is 1.20. The highest BCUT2D eigenvalue weighted by atomic mass is 32.1. The lowest BCUT2D eigenvalue weighted by Crippen LogP contribution is -2.14. The summed E-state index contributed by atoms with van der Waals surface area (Å²) in [4.78, 5) is 0. The van der Waals surface area contributed by atoms with Crippen LogP contribution in [-0.4, -0.2) is 0 Å². The average molecular weight is 679 g/mol. The molecular weight excluding hydrogens is 645 g/mol. The van der Waals surface area contributed by atoms with E-state index >= 15 is 0 Å². The van der Waals surface area contributed by atoms with Crippen LogP contribution in [0.5, 0.6) is 0 Å². The topological polar surface area (TPSA) is 0 Å². The SMILES string of the molecule is CC1(C)c2ccccc2-c2c1ccc1c2sc2c(-c3cccc(-c4c5ccccc5c(-c5ccccc5)c5ccccc45)c3)cc3ccccc3c21. The molecule has 52 heavy (non-hydrogen) atoms. The maximum absolute atomic E-state index is 2.44. The summed E-state index contributed by atoms with van der Waals surface area (Å²) in [5.41, 5.74) is 13.2. The van der Waals surface area contributed by atoms with E-state index < -0.39 is 0 Å². The van der Waals surface area contributed by atoms with E-state index in [9.17, 15) is 0 Å². The highest BCUT2D eigenvalue weighted by Gasteiger charge is 2.37. The van der Waals surface area contributed by atoms with Crippen molar-refractivity contribution in [2.24, 2.45) is 0 Å². The minimum Gasteiger partial charge on any atom is -0.134 e. The molecule has 0 radical (unpaired) electrons. The van der Waals surface area contributed by atoms with Crippen molar-refractivity contribution in [3.8, 4) is 44.5 Å². The van der Waals surface area contributed by atoms with Crippen LogP contribution in [0.25, 0.3) is 97.0 Å². The van der Waals surface area contributed by atoms with Gasteiger partial charge in [0, 0.05) is 36.7 Å². The molecule has 10 aromatic rings. The van der Waals surface area contributed by atoms with E-state index in [-0.39, 0.29) is 5.41 Å². The number of thiophene rings is 1. The molecule has 1 aliphatic rings. The Bertz CT molecular complexity index is 3030. The molecule has 1 heterocycles. The second-order valence-electron chi connectivity index (χ2n) is 14.8.